The molecule has 16 rings (SSSR count). The molecule has 0 N–H and O–H groups in total. The molecular formula is C107H142N4Si4+4. The van der Waals surface area contributed by atoms with Crippen LogP contribution in [0.25, 0.3) is 88.1 Å². The van der Waals surface area contributed by atoms with Gasteiger partial charge >= 0.3 is 0 Å². The Hall–Kier alpha value is -7.73. The van der Waals surface area contributed by atoms with E-state index in [1.165, 1.54) is 277 Å². The van der Waals surface area contributed by atoms with Gasteiger partial charge in [0.25, 0.3) is 0 Å². The molecule has 0 atom stereocenters. The number of rotatable bonds is 12. The highest BCUT2D eigenvalue weighted by molar-refractivity contribution is 6.93. The summed E-state index contributed by atoms with van der Waals surface area (Å²) in [5.41, 5.74) is 34.6. The first-order chi connectivity index (χ1) is 54.6. The van der Waals surface area contributed by atoms with Crippen LogP contribution in [0.2, 0.25) is 74.5 Å². The molecule has 12 aromatic rings. The van der Waals surface area contributed by atoms with Gasteiger partial charge in [-0.1, -0.05) is 237 Å². The van der Waals surface area contributed by atoms with E-state index in [1.54, 1.807) is 20.7 Å². The zero-order valence-electron chi connectivity index (χ0n) is 76.3. The van der Waals surface area contributed by atoms with E-state index in [-0.39, 0.29) is 0 Å². The van der Waals surface area contributed by atoms with Gasteiger partial charge in [-0.3, -0.25) is 0 Å². The second-order valence-corrected chi connectivity index (χ2v) is 57.4. The average molecular weight is 1600 g/mol. The monoisotopic (exact) mass is 1600 g/mol. The highest BCUT2D eigenvalue weighted by Gasteiger charge is 2.40. The number of hydrogen-bond donors (Lipinski definition) is 0. The van der Waals surface area contributed by atoms with Gasteiger partial charge in [-0.25, -0.2) is 18.3 Å². The molecule has 115 heavy (non-hydrogen) atoms. The average Bonchev–Trinajstić information content (AvgIpc) is 1.07. The lowest BCUT2D eigenvalue weighted by atomic mass is 9.87. The fraction of sp³-hybridized carbons (Fsp3) is 0.439. The predicted octanol–water partition coefficient (Wildman–Crippen LogP) is 24.6. The topological polar surface area (TPSA) is 15.5 Å². The van der Waals surface area contributed by atoms with E-state index in [9.17, 15) is 0 Å². The lowest BCUT2D eigenvalue weighted by molar-refractivity contribution is -0.659. The van der Waals surface area contributed by atoms with Crippen LogP contribution in [-0.2, 0) is 53.9 Å². The summed E-state index contributed by atoms with van der Waals surface area (Å²) in [5.74, 6) is 0. The Bertz CT molecular complexity index is 5730. The van der Waals surface area contributed by atoms with Gasteiger partial charge in [0.2, 0.25) is 22.8 Å². The predicted molar refractivity (Wildman–Crippen MR) is 511 cm³/mol. The van der Waals surface area contributed by atoms with Gasteiger partial charge in [0.05, 0.1) is 76.1 Å². The van der Waals surface area contributed by atoms with Gasteiger partial charge < -0.3 is 0 Å². The molecular weight excluding hydrogens is 1450 g/mol. The molecule has 4 aliphatic rings. The highest BCUT2D eigenvalue weighted by Crippen LogP contribution is 2.44. The van der Waals surface area contributed by atoms with Crippen LogP contribution >= 0.6 is 0 Å². The van der Waals surface area contributed by atoms with Crippen LogP contribution in [0.3, 0.4) is 0 Å². The molecule has 4 nitrogen and oxygen atoms in total. The van der Waals surface area contributed by atoms with Gasteiger partial charge in [-0.15, -0.1) is 0 Å². The van der Waals surface area contributed by atoms with Crippen molar-refractivity contribution >= 4 is 96.1 Å². The van der Waals surface area contributed by atoms with Gasteiger partial charge in [-0.2, -0.15) is 0 Å². The van der Waals surface area contributed by atoms with Crippen molar-refractivity contribution in [1.82, 2.24) is 0 Å². The first-order valence-electron chi connectivity index (χ1n) is 44.7. The van der Waals surface area contributed by atoms with E-state index in [1.807, 2.05) is 0 Å². The van der Waals surface area contributed by atoms with Crippen molar-refractivity contribution in [3.05, 3.63) is 235 Å². The highest BCUT2D eigenvalue weighted by atomic mass is 28.3. The van der Waals surface area contributed by atoms with E-state index in [2.05, 4.69) is 343 Å². The molecule has 602 valence electrons. The molecule has 4 fully saturated rings. The van der Waals surface area contributed by atoms with Crippen molar-refractivity contribution in [2.75, 3.05) is 0 Å². The standard InChI is InChI=1S/C29H40NSi.C27H36NSi.C26H34NSi.C25H32NSi/c1-9-23-19-27(22(4)20(2)21(23)3)28-26-11-10-25(18-24(26)12-15-30(28)7)31(8)16-13-29(5,6)14-17-31;1-7-22-18-26(21(4)19(2)20(22)3)27-25-12-11-24(17-23(25)13-14-28(27)5)29(6)15-9-8-10-16-29;1-7-21-17-25(20(4)18(2)19(21)3)26-24-11-10-23(28(6)14-8-9-15-28)16-22(24)12-13-27(26)5;1-7-20-16-24(19(4)17(2)18(20)3)25-23-10-9-22(27(6)13-8-14-27)15-21(23)11-12-26(25)5/h10-12,15,18-19H,9,13-14,16-17H2,1-8H3;11-14,17-18H,7-10,15-16H2,1-6H3;10-13,16-17H,7-9,14-15H2,1-6H3;9-12,15-16H,7-8,13-14H2,1-6H3/q4*+1. The smallest absolute Gasteiger partial charge is 0.200 e. The van der Waals surface area contributed by atoms with E-state index < -0.39 is 32.3 Å². The van der Waals surface area contributed by atoms with Crippen molar-refractivity contribution in [2.45, 2.75) is 276 Å². The minimum Gasteiger partial charge on any atom is -0.200 e. The molecule has 0 spiro atoms. The molecule has 0 bridgehead atoms. The largest absolute Gasteiger partial charge is 0.220 e. The number of aryl methyl sites for hydroxylation is 8. The molecule has 8 heteroatoms. The minimum absolute atomic E-state index is 0.530. The summed E-state index contributed by atoms with van der Waals surface area (Å²) < 4.78 is 9.26. The summed E-state index contributed by atoms with van der Waals surface area (Å²) in [6, 6.07) is 60.2. The van der Waals surface area contributed by atoms with E-state index >= 15 is 0 Å². The summed E-state index contributed by atoms with van der Waals surface area (Å²) >= 11 is 0. The number of nitrogens with zero attached hydrogens (tertiary/aromatic N) is 4. The normalized spacial score (nSPS) is 16.5. The van der Waals surface area contributed by atoms with E-state index in [0.717, 1.165) is 25.7 Å². The third-order valence-corrected chi connectivity index (χ3v) is 49.3. The maximum Gasteiger partial charge on any atom is 0.220 e. The molecule has 4 aromatic heterocycles. The van der Waals surface area contributed by atoms with E-state index in [0.29, 0.717) is 5.41 Å². The fourth-order valence-electron chi connectivity index (χ4n) is 21.1. The van der Waals surface area contributed by atoms with Crippen LogP contribution in [0.1, 0.15) is 182 Å². The first-order valence-corrected chi connectivity index (χ1v) is 56.4. The first kappa shape index (κ1) is 85.2. The molecule has 8 aromatic carbocycles. The third-order valence-electron chi connectivity index (χ3n) is 31.0. The summed E-state index contributed by atoms with van der Waals surface area (Å²) in [6.45, 7) is 51.7. The van der Waals surface area contributed by atoms with Crippen molar-refractivity contribution < 1.29 is 18.3 Å². The van der Waals surface area contributed by atoms with E-state index in [4.69, 9.17) is 0 Å². The van der Waals surface area contributed by atoms with Crippen LogP contribution in [0.5, 0.6) is 0 Å². The lowest BCUT2D eigenvalue weighted by Crippen LogP contribution is -2.50. The van der Waals surface area contributed by atoms with Gasteiger partial charge in [0.1, 0.15) is 28.2 Å². The third kappa shape index (κ3) is 16.4. The van der Waals surface area contributed by atoms with Gasteiger partial charge in [0, 0.05) is 24.3 Å². The Morgan fingerprint density at radius 1 is 0.261 bits per heavy atom. The Morgan fingerprint density at radius 3 is 0.696 bits per heavy atom. The number of benzene rings is 8. The molecule has 4 saturated heterocycles. The molecule has 0 amide bonds. The fourth-order valence-corrected chi connectivity index (χ4v) is 36.1. The Balaban J connectivity index is 0.000000134. The molecule has 0 saturated carbocycles. The number of hydrogen-bond acceptors (Lipinski definition) is 0. The maximum atomic E-state index is 2.62. The minimum atomic E-state index is -1.38. The second kappa shape index (κ2) is 33.9. The molecule has 4 aliphatic heterocycles. The Kier molecular flexibility index (Phi) is 25.1. The number of aromatic nitrogens is 4. The van der Waals surface area contributed by atoms with Crippen molar-refractivity contribution in [1.29, 1.82) is 0 Å². The second-order valence-electron chi connectivity index (χ2n) is 38.6. The van der Waals surface area contributed by atoms with Crippen LogP contribution in [-0.4, -0.2) is 32.3 Å². The van der Waals surface area contributed by atoms with Crippen molar-refractivity contribution in [2.24, 2.45) is 33.6 Å². The van der Waals surface area contributed by atoms with Crippen LogP contribution < -0.4 is 39.0 Å². The van der Waals surface area contributed by atoms with Crippen LogP contribution in [0.4, 0.5) is 0 Å². The summed E-state index contributed by atoms with van der Waals surface area (Å²) in [5, 5.41) is 17.8. The molecule has 8 heterocycles. The zero-order chi connectivity index (χ0) is 82.7. The Morgan fingerprint density at radius 2 is 0.478 bits per heavy atom. The number of fused-ring (bicyclic) bond motifs is 4. The molecule has 0 radical (unpaired) electrons. The Labute approximate surface area is 699 Å². The maximum absolute atomic E-state index is 2.62. The van der Waals surface area contributed by atoms with Gasteiger partial charge in [0.15, 0.2) is 24.8 Å². The SMILES string of the molecule is CCc1cc(-c2c3ccc([Si]4(C)CCC(C)(C)CC4)cc3cc[n+]2C)c(C)c(C)c1C.CCc1cc(-c2c3ccc([Si]4(C)CCC4)cc3cc[n+]2C)c(C)c(C)c1C.CCc1cc(-c2c3ccc([Si]4(C)CCCC4)cc3cc[n+]2C)c(C)c(C)c1C.CCc1cc(-c2c3ccc([Si]4(C)CCCCC4)cc3cc[n+]2C)c(C)c(C)c1C. The zero-order valence-corrected chi connectivity index (χ0v) is 80.3. The summed E-state index contributed by atoms with van der Waals surface area (Å²) in [6.07, 6.45) is 24.7. The van der Waals surface area contributed by atoms with Crippen LogP contribution in [0.15, 0.2) is 146 Å². The van der Waals surface area contributed by atoms with Crippen LogP contribution in [0, 0.1) is 88.5 Å². The molecule has 0 aliphatic carbocycles. The number of pyridine rings is 4. The van der Waals surface area contributed by atoms with Crippen molar-refractivity contribution in [3.63, 3.8) is 0 Å². The summed E-state index contributed by atoms with van der Waals surface area (Å²) in [4.78, 5) is 0. The lowest BCUT2D eigenvalue weighted by Gasteiger charge is -2.40. The van der Waals surface area contributed by atoms with Gasteiger partial charge in [-0.05, 0) is 273 Å². The molecule has 0 unspecified atom stereocenters. The summed E-state index contributed by atoms with van der Waals surface area (Å²) in [7, 11) is 3.71. The van der Waals surface area contributed by atoms with Crippen molar-refractivity contribution in [3.8, 4) is 45.0 Å². The quantitative estimate of drug-likeness (QED) is 0.0856.